The van der Waals surface area contributed by atoms with Crippen LogP contribution in [-0.4, -0.2) is 35.8 Å². The van der Waals surface area contributed by atoms with E-state index in [1.54, 1.807) is 25.3 Å². The van der Waals surface area contributed by atoms with E-state index >= 15 is 0 Å². The number of carbonyl (C=O) groups excluding carboxylic acids is 2. The zero-order valence-corrected chi connectivity index (χ0v) is 20.3. The molecular weight excluding hydrogens is 519 g/mol. The standard InChI is InChI=1S/C24H25IN4O3/c1-4-32-24(31)18-5-11-22(12-6-18)29-16(2)13-19(17(29)3)14-27-28-23(30)15-26-21-9-7-20(25)8-10-21/h5-14,26H,4,15H2,1-3H3,(H,28,30)/b27-14-. The Morgan fingerprint density at radius 3 is 2.44 bits per heavy atom. The van der Waals surface area contributed by atoms with E-state index in [1.165, 1.54) is 0 Å². The number of amides is 1. The molecular formula is C24H25IN4O3. The number of esters is 1. The van der Waals surface area contributed by atoms with Crippen LogP contribution in [-0.2, 0) is 9.53 Å². The minimum Gasteiger partial charge on any atom is -0.462 e. The van der Waals surface area contributed by atoms with Crippen LogP contribution in [0.1, 0.15) is 34.2 Å². The van der Waals surface area contributed by atoms with Crippen LogP contribution in [0, 0.1) is 17.4 Å². The summed E-state index contributed by atoms with van der Waals surface area (Å²) < 4.78 is 8.23. The van der Waals surface area contributed by atoms with Gasteiger partial charge in [-0.25, -0.2) is 10.2 Å². The first-order valence-electron chi connectivity index (χ1n) is 10.2. The summed E-state index contributed by atoms with van der Waals surface area (Å²) in [5, 5.41) is 7.15. The van der Waals surface area contributed by atoms with E-state index in [4.69, 9.17) is 4.74 Å². The molecule has 0 radical (unpaired) electrons. The van der Waals surface area contributed by atoms with Crippen molar-refractivity contribution in [1.82, 2.24) is 9.99 Å². The first kappa shape index (κ1) is 23.5. The summed E-state index contributed by atoms with van der Waals surface area (Å²) in [6.07, 6.45) is 1.63. The summed E-state index contributed by atoms with van der Waals surface area (Å²) in [6.45, 7) is 6.23. The lowest BCUT2D eigenvalue weighted by Gasteiger charge is -2.10. The van der Waals surface area contributed by atoms with E-state index in [1.807, 2.05) is 56.3 Å². The molecule has 0 fully saturated rings. The predicted molar refractivity (Wildman–Crippen MR) is 135 cm³/mol. The number of hydrazone groups is 1. The molecule has 0 unspecified atom stereocenters. The van der Waals surface area contributed by atoms with E-state index in [-0.39, 0.29) is 18.4 Å². The Balaban J connectivity index is 1.62. The maximum absolute atomic E-state index is 12.1. The second kappa shape index (κ2) is 10.9. The van der Waals surface area contributed by atoms with Gasteiger partial charge in [0.1, 0.15) is 0 Å². The lowest BCUT2D eigenvalue weighted by atomic mass is 10.2. The van der Waals surface area contributed by atoms with Crippen LogP contribution in [0.25, 0.3) is 5.69 Å². The van der Waals surface area contributed by atoms with Crippen molar-refractivity contribution in [2.24, 2.45) is 5.10 Å². The smallest absolute Gasteiger partial charge is 0.338 e. The Labute approximate surface area is 201 Å². The minimum atomic E-state index is -0.333. The first-order chi connectivity index (χ1) is 15.4. The molecule has 1 heterocycles. The highest BCUT2D eigenvalue weighted by Crippen LogP contribution is 2.20. The number of ether oxygens (including phenoxy) is 1. The van der Waals surface area contributed by atoms with Gasteiger partial charge in [0, 0.05) is 31.9 Å². The fourth-order valence-corrected chi connectivity index (χ4v) is 3.60. The third-order valence-electron chi connectivity index (χ3n) is 4.80. The molecule has 2 aromatic carbocycles. The molecule has 166 valence electrons. The topological polar surface area (TPSA) is 84.7 Å². The molecule has 1 aromatic heterocycles. The van der Waals surface area contributed by atoms with Crippen molar-refractivity contribution in [3.8, 4) is 5.69 Å². The van der Waals surface area contributed by atoms with E-state index in [0.717, 1.165) is 31.9 Å². The summed E-state index contributed by atoms with van der Waals surface area (Å²) in [5.74, 6) is -0.566. The highest BCUT2D eigenvalue weighted by Gasteiger charge is 2.11. The monoisotopic (exact) mass is 544 g/mol. The summed E-state index contributed by atoms with van der Waals surface area (Å²) in [7, 11) is 0. The number of rotatable bonds is 8. The summed E-state index contributed by atoms with van der Waals surface area (Å²) in [4.78, 5) is 23.9. The second-order valence-corrected chi connectivity index (χ2v) is 8.33. The number of aromatic nitrogens is 1. The van der Waals surface area contributed by atoms with Crippen LogP contribution >= 0.6 is 22.6 Å². The number of aryl methyl sites for hydroxylation is 1. The van der Waals surface area contributed by atoms with Gasteiger partial charge < -0.3 is 14.6 Å². The quantitative estimate of drug-likeness (QED) is 0.190. The molecule has 0 saturated carbocycles. The number of hydrogen-bond donors (Lipinski definition) is 2. The van der Waals surface area contributed by atoms with Crippen LogP contribution in [0.4, 0.5) is 5.69 Å². The Morgan fingerprint density at radius 2 is 1.78 bits per heavy atom. The number of benzene rings is 2. The van der Waals surface area contributed by atoms with Crippen LogP contribution in [0.3, 0.4) is 0 Å². The molecule has 3 rings (SSSR count). The highest BCUT2D eigenvalue weighted by molar-refractivity contribution is 14.1. The van der Waals surface area contributed by atoms with Crippen LogP contribution in [0.5, 0.6) is 0 Å². The average Bonchev–Trinajstić information content (AvgIpc) is 3.06. The van der Waals surface area contributed by atoms with Crippen LogP contribution < -0.4 is 10.7 Å². The molecule has 0 aliphatic heterocycles. The van der Waals surface area contributed by atoms with Crippen molar-refractivity contribution in [3.63, 3.8) is 0 Å². The number of halogens is 1. The SMILES string of the molecule is CCOC(=O)c1ccc(-n2c(C)cc(/C=N\NC(=O)CNc3ccc(I)cc3)c2C)cc1. The molecule has 7 nitrogen and oxygen atoms in total. The molecule has 0 saturated heterocycles. The largest absolute Gasteiger partial charge is 0.462 e. The zero-order chi connectivity index (χ0) is 23.1. The molecule has 0 atom stereocenters. The average molecular weight is 544 g/mol. The third kappa shape index (κ3) is 5.97. The molecule has 0 spiro atoms. The van der Waals surface area contributed by atoms with Gasteiger partial charge in [0.25, 0.3) is 5.91 Å². The Morgan fingerprint density at radius 1 is 1.09 bits per heavy atom. The van der Waals surface area contributed by atoms with E-state index in [9.17, 15) is 9.59 Å². The van der Waals surface area contributed by atoms with E-state index in [0.29, 0.717) is 12.2 Å². The number of carbonyl (C=O) groups is 2. The lowest BCUT2D eigenvalue weighted by Crippen LogP contribution is -2.25. The minimum absolute atomic E-state index is 0.129. The number of nitrogens with one attached hydrogen (secondary N) is 2. The fourth-order valence-electron chi connectivity index (χ4n) is 3.24. The van der Waals surface area contributed by atoms with Crippen molar-refractivity contribution in [2.45, 2.75) is 20.8 Å². The summed E-state index contributed by atoms with van der Waals surface area (Å²) >= 11 is 2.23. The van der Waals surface area contributed by atoms with E-state index < -0.39 is 0 Å². The third-order valence-corrected chi connectivity index (χ3v) is 5.52. The lowest BCUT2D eigenvalue weighted by molar-refractivity contribution is -0.119. The maximum atomic E-state index is 12.1. The van der Waals surface area contributed by atoms with Crippen molar-refractivity contribution in [2.75, 3.05) is 18.5 Å². The summed E-state index contributed by atoms with van der Waals surface area (Å²) in [5.41, 5.74) is 7.75. The predicted octanol–water partition coefficient (Wildman–Crippen LogP) is 4.44. The second-order valence-electron chi connectivity index (χ2n) is 7.08. The van der Waals surface area contributed by atoms with Gasteiger partial charge in [-0.2, -0.15) is 5.10 Å². The fraction of sp³-hybridized carbons (Fsp3) is 0.208. The molecule has 3 aromatic rings. The molecule has 0 bridgehead atoms. The normalized spacial score (nSPS) is 10.9. The van der Waals surface area contributed by atoms with Gasteiger partial charge in [-0.15, -0.1) is 0 Å². The van der Waals surface area contributed by atoms with Crippen LogP contribution in [0.2, 0.25) is 0 Å². The van der Waals surface area contributed by atoms with Gasteiger partial charge in [0.15, 0.2) is 0 Å². The van der Waals surface area contributed by atoms with E-state index in [2.05, 4.69) is 43.0 Å². The van der Waals surface area contributed by atoms with Gasteiger partial charge in [-0.3, -0.25) is 4.79 Å². The van der Waals surface area contributed by atoms with Crippen molar-refractivity contribution >= 4 is 46.4 Å². The van der Waals surface area contributed by atoms with Crippen molar-refractivity contribution < 1.29 is 14.3 Å². The van der Waals surface area contributed by atoms with Crippen molar-refractivity contribution in [1.29, 1.82) is 0 Å². The molecule has 1 amide bonds. The number of nitrogens with zero attached hydrogens (tertiary/aromatic N) is 2. The van der Waals surface area contributed by atoms with Gasteiger partial charge in [0.05, 0.1) is 24.9 Å². The number of anilines is 1. The molecule has 2 N–H and O–H groups in total. The van der Waals surface area contributed by atoms with Gasteiger partial charge >= 0.3 is 5.97 Å². The molecule has 32 heavy (non-hydrogen) atoms. The van der Waals surface area contributed by atoms with Gasteiger partial charge in [0.2, 0.25) is 0 Å². The zero-order valence-electron chi connectivity index (χ0n) is 18.2. The Bertz CT molecular complexity index is 1120. The van der Waals surface area contributed by atoms with Gasteiger partial charge in [-0.1, -0.05) is 0 Å². The van der Waals surface area contributed by atoms with Gasteiger partial charge in [-0.05, 0) is 98.0 Å². The number of hydrogen-bond acceptors (Lipinski definition) is 5. The van der Waals surface area contributed by atoms with Crippen LogP contribution in [0.15, 0.2) is 59.7 Å². The first-order valence-corrected chi connectivity index (χ1v) is 11.2. The van der Waals surface area contributed by atoms with Crippen molar-refractivity contribution in [3.05, 3.63) is 80.7 Å². The Kier molecular flexibility index (Phi) is 8.04. The molecule has 0 aliphatic rings. The summed E-state index contributed by atoms with van der Waals surface area (Å²) in [6, 6.07) is 17.0. The Hall–Kier alpha value is -3.14. The molecule has 0 aliphatic carbocycles. The maximum Gasteiger partial charge on any atom is 0.338 e. The molecule has 8 heteroatoms. The highest BCUT2D eigenvalue weighted by atomic mass is 127.